The number of furan rings is 1. The predicted molar refractivity (Wildman–Crippen MR) is 126 cm³/mol. The number of aromatic nitrogens is 2. The van der Waals surface area contributed by atoms with Crippen molar-refractivity contribution in [3.05, 3.63) is 108 Å². The van der Waals surface area contributed by atoms with E-state index in [9.17, 15) is 14.0 Å². The van der Waals surface area contributed by atoms with Crippen LogP contribution in [0.3, 0.4) is 0 Å². The number of aryl methyl sites for hydroxylation is 1. The van der Waals surface area contributed by atoms with Gasteiger partial charge < -0.3 is 19.6 Å². The van der Waals surface area contributed by atoms with Gasteiger partial charge in [0, 0.05) is 42.7 Å². The van der Waals surface area contributed by atoms with Crippen molar-refractivity contribution in [1.82, 2.24) is 20.2 Å². The predicted octanol–water partition coefficient (Wildman–Crippen LogP) is 4.26. The maximum atomic E-state index is 13.2. The fourth-order valence-electron chi connectivity index (χ4n) is 3.26. The van der Waals surface area contributed by atoms with Crippen LogP contribution in [0.25, 0.3) is 17.4 Å². The van der Waals surface area contributed by atoms with Crippen molar-refractivity contribution in [3.8, 4) is 11.3 Å². The van der Waals surface area contributed by atoms with Crippen LogP contribution < -0.4 is 10.6 Å². The Morgan fingerprint density at radius 3 is 2.56 bits per heavy atom. The molecule has 4 aromatic rings. The molecule has 4 rings (SSSR count). The van der Waals surface area contributed by atoms with Crippen molar-refractivity contribution in [2.75, 3.05) is 6.54 Å². The van der Waals surface area contributed by atoms with Crippen molar-refractivity contribution in [2.45, 2.75) is 13.0 Å². The van der Waals surface area contributed by atoms with Crippen LogP contribution in [0.4, 0.5) is 4.39 Å². The number of hydrogen-bond acceptors (Lipinski definition) is 4. The molecule has 172 valence electrons. The number of nitrogens with zero attached hydrogens (tertiary/aromatic N) is 2. The van der Waals surface area contributed by atoms with Gasteiger partial charge in [-0.1, -0.05) is 18.2 Å². The molecule has 8 heteroatoms. The van der Waals surface area contributed by atoms with Crippen LogP contribution in [-0.4, -0.2) is 27.9 Å². The average molecular weight is 458 g/mol. The quantitative estimate of drug-likeness (QED) is 0.290. The van der Waals surface area contributed by atoms with Gasteiger partial charge in [0.25, 0.3) is 11.8 Å². The van der Waals surface area contributed by atoms with E-state index >= 15 is 0 Å². The largest absolute Gasteiger partial charge is 0.457 e. The van der Waals surface area contributed by atoms with E-state index in [4.69, 9.17) is 4.42 Å². The lowest BCUT2D eigenvalue weighted by Gasteiger charge is -2.11. The molecular weight excluding hydrogens is 435 g/mol. The molecule has 0 aliphatic carbocycles. The number of carbonyl (C=O) groups is 2. The van der Waals surface area contributed by atoms with Gasteiger partial charge in [-0.2, -0.15) is 0 Å². The van der Waals surface area contributed by atoms with Crippen LogP contribution >= 0.6 is 0 Å². The normalized spacial score (nSPS) is 11.3. The van der Waals surface area contributed by atoms with E-state index in [-0.39, 0.29) is 11.5 Å². The van der Waals surface area contributed by atoms with E-state index in [0.29, 0.717) is 42.2 Å². The summed E-state index contributed by atoms with van der Waals surface area (Å²) in [6.07, 6.45) is 7.42. The first-order chi connectivity index (χ1) is 16.6. The topological polar surface area (TPSA) is 89.2 Å². The molecule has 2 amide bonds. The average Bonchev–Trinajstić information content (AvgIpc) is 3.55. The Hall–Kier alpha value is -4.46. The zero-order valence-electron chi connectivity index (χ0n) is 18.3. The lowest BCUT2D eigenvalue weighted by molar-refractivity contribution is -0.117. The van der Waals surface area contributed by atoms with Gasteiger partial charge in [-0.3, -0.25) is 9.59 Å². The standard InChI is InChI=1S/C26H23FN4O3/c27-21-9-7-19(8-10-21)24-12-11-22(34-24)17-23(30-25(32)20-5-2-1-3-6-20)26(33)29-13-4-15-31-16-14-28-18-31/h1-3,5-12,14,16-18H,4,13,15H2,(H,29,33)(H,30,32)/b23-17+. The van der Waals surface area contributed by atoms with Crippen LogP contribution in [0.5, 0.6) is 0 Å². The molecule has 0 atom stereocenters. The summed E-state index contributed by atoms with van der Waals surface area (Å²) in [5.41, 5.74) is 1.17. The fourth-order valence-corrected chi connectivity index (χ4v) is 3.26. The molecule has 2 aromatic heterocycles. The summed E-state index contributed by atoms with van der Waals surface area (Å²) in [4.78, 5) is 29.6. The molecule has 0 unspecified atom stereocenters. The van der Waals surface area contributed by atoms with Gasteiger partial charge in [-0.05, 0) is 55.0 Å². The van der Waals surface area contributed by atoms with Gasteiger partial charge in [0.05, 0.1) is 6.33 Å². The third-order valence-corrected chi connectivity index (χ3v) is 5.01. The van der Waals surface area contributed by atoms with Crippen molar-refractivity contribution < 1.29 is 18.4 Å². The van der Waals surface area contributed by atoms with Gasteiger partial charge >= 0.3 is 0 Å². The molecule has 0 radical (unpaired) electrons. The first kappa shape index (κ1) is 22.7. The number of halogens is 1. The van der Waals surface area contributed by atoms with E-state index < -0.39 is 11.8 Å². The number of benzene rings is 2. The summed E-state index contributed by atoms with van der Waals surface area (Å²) in [5, 5.41) is 5.51. The second-order valence-electron chi connectivity index (χ2n) is 7.50. The molecule has 0 aliphatic rings. The Morgan fingerprint density at radius 2 is 1.82 bits per heavy atom. The van der Waals surface area contributed by atoms with Gasteiger partial charge in [0.2, 0.25) is 0 Å². The number of carbonyl (C=O) groups excluding carboxylic acids is 2. The number of imidazole rings is 1. The minimum Gasteiger partial charge on any atom is -0.457 e. The van der Waals surface area contributed by atoms with Crippen molar-refractivity contribution >= 4 is 17.9 Å². The smallest absolute Gasteiger partial charge is 0.267 e. The zero-order valence-corrected chi connectivity index (χ0v) is 18.3. The molecular formula is C26H23FN4O3. The maximum Gasteiger partial charge on any atom is 0.267 e. The van der Waals surface area contributed by atoms with Gasteiger partial charge in [0.15, 0.2) is 0 Å². The van der Waals surface area contributed by atoms with Crippen molar-refractivity contribution in [1.29, 1.82) is 0 Å². The molecule has 7 nitrogen and oxygen atoms in total. The third-order valence-electron chi connectivity index (χ3n) is 5.01. The molecule has 0 aliphatic heterocycles. The van der Waals surface area contributed by atoms with E-state index in [1.54, 1.807) is 67.1 Å². The summed E-state index contributed by atoms with van der Waals surface area (Å²) in [5.74, 6) is -0.302. The first-order valence-corrected chi connectivity index (χ1v) is 10.8. The SMILES string of the molecule is O=C(NCCCn1ccnc1)/C(=C\c1ccc(-c2ccc(F)cc2)o1)NC(=O)c1ccccc1. The number of rotatable bonds is 9. The van der Waals surface area contributed by atoms with E-state index in [2.05, 4.69) is 15.6 Å². The molecule has 0 fully saturated rings. The second-order valence-corrected chi connectivity index (χ2v) is 7.50. The van der Waals surface area contributed by atoms with Gasteiger partial charge in [0.1, 0.15) is 23.0 Å². The fraction of sp³-hybridized carbons (Fsp3) is 0.115. The van der Waals surface area contributed by atoms with Crippen molar-refractivity contribution in [2.24, 2.45) is 0 Å². The van der Waals surface area contributed by atoms with Gasteiger partial charge in [-0.25, -0.2) is 9.37 Å². The number of hydrogen-bond donors (Lipinski definition) is 2. The molecule has 0 saturated heterocycles. The van der Waals surface area contributed by atoms with Gasteiger partial charge in [-0.15, -0.1) is 0 Å². The van der Waals surface area contributed by atoms with E-state index in [0.717, 1.165) is 0 Å². The highest BCUT2D eigenvalue weighted by atomic mass is 19.1. The lowest BCUT2D eigenvalue weighted by Crippen LogP contribution is -2.35. The number of amides is 2. The summed E-state index contributed by atoms with van der Waals surface area (Å²) in [7, 11) is 0. The molecule has 2 heterocycles. The van der Waals surface area contributed by atoms with E-state index in [1.807, 2.05) is 10.8 Å². The minimum atomic E-state index is -0.436. The Balaban J connectivity index is 1.49. The summed E-state index contributed by atoms with van der Waals surface area (Å²) >= 11 is 0. The van der Waals surface area contributed by atoms with Crippen LogP contribution in [-0.2, 0) is 11.3 Å². The Kier molecular flexibility index (Phi) is 7.29. The highest BCUT2D eigenvalue weighted by Gasteiger charge is 2.15. The minimum absolute atomic E-state index is 0.0523. The highest BCUT2D eigenvalue weighted by Crippen LogP contribution is 2.23. The Labute approximate surface area is 195 Å². The van der Waals surface area contributed by atoms with Crippen LogP contribution in [0.2, 0.25) is 0 Å². The summed E-state index contributed by atoms with van der Waals surface area (Å²) in [6.45, 7) is 1.11. The van der Waals surface area contributed by atoms with Crippen LogP contribution in [0.15, 0.2) is 95.6 Å². The lowest BCUT2D eigenvalue weighted by atomic mass is 10.2. The van der Waals surface area contributed by atoms with Crippen molar-refractivity contribution in [3.63, 3.8) is 0 Å². The van der Waals surface area contributed by atoms with Crippen LogP contribution in [0.1, 0.15) is 22.5 Å². The Bertz CT molecular complexity index is 1260. The highest BCUT2D eigenvalue weighted by molar-refractivity contribution is 6.05. The zero-order chi connectivity index (χ0) is 23.8. The molecule has 2 N–H and O–H groups in total. The first-order valence-electron chi connectivity index (χ1n) is 10.8. The molecule has 34 heavy (non-hydrogen) atoms. The van der Waals surface area contributed by atoms with Crippen LogP contribution in [0, 0.1) is 5.82 Å². The molecule has 0 spiro atoms. The summed E-state index contributed by atoms with van der Waals surface area (Å²) in [6, 6.07) is 17.9. The third kappa shape index (κ3) is 6.07. The Morgan fingerprint density at radius 1 is 1.03 bits per heavy atom. The molecule has 2 aromatic carbocycles. The monoisotopic (exact) mass is 458 g/mol. The number of nitrogens with one attached hydrogen (secondary N) is 2. The molecule has 0 bridgehead atoms. The second kappa shape index (κ2) is 10.9. The maximum absolute atomic E-state index is 13.2. The molecule has 0 saturated carbocycles. The van der Waals surface area contributed by atoms with E-state index in [1.165, 1.54) is 18.2 Å². The summed E-state index contributed by atoms with van der Waals surface area (Å²) < 4.78 is 20.9.